The number of aromatic nitrogens is 2. The Morgan fingerprint density at radius 2 is 1.97 bits per heavy atom. The van der Waals surface area contributed by atoms with Crippen LogP contribution in [0.5, 0.6) is 0 Å². The average molecular weight is 448 g/mol. The normalized spacial score (nSPS) is 20.3. The molecule has 0 bridgehead atoms. The smallest absolute Gasteiger partial charge is 0.290 e. The van der Waals surface area contributed by atoms with Gasteiger partial charge in [-0.15, -0.1) is 0 Å². The minimum Gasteiger partial charge on any atom is -0.290 e. The molecule has 9 nitrogen and oxygen atoms in total. The molecule has 31 heavy (non-hydrogen) atoms. The van der Waals surface area contributed by atoms with Crippen LogP contribution in [0.3, 0.4) is 0 Å². The molecule has 4 heterocycles. The predicted molar refractivity (Wildman–Crippen MR) is 117 cm³/mol. The molecule has 0 radical (unpaired) electrons. The summed E-state index contributed by atoms with van der Waals surface area (Å²) >= 11 is 0. The van der Waals surface area contributed by atoms with Gasteiger partial charge in [-0.1, -0.05) is 6.92 Å². The second kappa shape index (κ2) is 8.58. The number of nitrogens with one attached hydrogen (secondary N) is 1. The molecule has 3 amide bonds. The van der Waals surface area contributed by atoms with Crippen LogP contribution in [0.1, 0.15) is 45.1 Å². The summed E-state index contributed by atoms with van der Waals surface area (Å²) in [5.74, 6) is 0.146. The van der Waals surface area contributed by atoms with Crippen LogP contribution in [0.2, 0.25) is 0 Å². The van der Waals surface area contributed by atoms with Gasteiger partial charge in [0.15, 0.2) is 0 Å². The molecular weight excluding hydrogens is 418 g/mol. The van der Waals surface area contributed by atoms with Gasteiger partial charge in [0.1, 0.15) is 0 Å². The quantitative estimate of drug-likeness (QED) is 0.731. The molecule has 0 saturated carbocycles. The van der Waals surface area contributed by atoms with Gasteiger partial charge in [-0.05, 0) is 56.2 Å². The van der Waals surface area contributed by atoms with E-state index in [4.69, 9.17) is 0 Å². The van der Waals surface area contributed by atoms with E-state index in [1.165, 1.54) is 0 Å². The maximum atomic E-state index is 12.6. The van der Waals surface area contributed by atoms with Gasteiger partial charge >= 0.3 is 6.03 Å². The van der Waals surface area contributed by atoms with Crippen LogP contribution in [0.25, 0.3) is 5.52 Å². The largest absolute Gasteiger partial charge is 0.328 e. The fourth-order valence-corrected chi connectivity index (χ4v) is 5.96. The molecule has 0 aromatic carbocycles. The van der Waals surface area contributed by atoms with Crippen LogP contribution in [-0.2, 0) is 21.2 Å². The van der Waals surface area contributed by atoms with Gasteiger partial charge in [0, 0.05) is 32.3 Å². The number of carbonyl (C=O) groups is 2. The number of pyridine rings is 1. The summed E-state index contributed by atoms with van der Waals surface area (Å²) in [5.41, 5.74) is 2.63. The van der Waals surface area contributed by atoms with Crippen LogP contribution in [0.15, 0.2) is 24.5 Å². The molecule has 2 aromatic rings. The van der Waals surface area contributed by atoms with Crippen LogP contribution < -0.4 is 10.2 Å². The van der Waals surface area contributed by atoms with Crippen molar-refractivity contribution >= 4 is 33.2 Å². The zero-order valence-corrected chi connectivity index (χ0v) is 18.8. The Kier molecular flexibility index (Phi) is 6.02. The molecule has 10 heteroatoms. The Morgan fingerprint density at radius 1 is 1.23 bits per heavy atom. The summed E-state index contributed by atoms with van der Waals surface area (Å²) in [6.45, 7) is 5.15. The Morgan fingerprint density at radius 3 is 2.65 bits per heavy atom. The Hall–Kier alpha value is -2.46. The number of hydrogen-bond donors (Lipinski definition) is 1. The third-order valence-corrected chi connectivity index (χ3v) is 8.89. The minimum atomic E-state index is -3.20. The molecular formula is C21H29N5O4S. The number of sulfonamides is 1. The lowest BCUT2D eigenvalue weighted by Gasteiger charge is -2.33. The van der Waals surface area contributed by atoms with Crippen LogP contribution in [-0.4, -0.2) is 59.2 Å². The van der Waals surface area contributed by atoms with Crippen molar-refractivity contribution in [2.45, 2.75) is 51.2 Å². The topological polar surface area (TPSA) is 104 Å². The van der Waals surface area contributed by atoms with Crippen molar-refractivity contribution in [2.24, 2.45) is 5.92 Å². The highest BCUT2D eigenvalue weighted by molar-refractivity contribution is 7.89. The van der Waals surface area contributed by atoms with E-state index < -0.39 is 16.1 Å². The van der Waals surface area contributed by atoms with Gasteiger partial charge in [0.2, 0.25) is 15.9 Å². The highest BCUT2D eigenvalue weighted by Crippen LogP contribution is 2.28. The van der Waals surface area contributed by atoms with Crippen molar-refractivity contribution in [3.63, 3.8) is 0 Å². The highest BCUT2D eigenvalue weighted by Gasteiger charge is 2.31. The van der Waals surface area contributed by atoms with E-state index in [0.717, 1.165) is 30.3 Å². The molecule has 4 rings (SSSR count). The molecule has 1 unspecified atom stereocenters. The monoisotopic (exact) mass is 447 g/mol. The number of fused-ring (bicyclic) bond motifs is 1. The molecule has 168 valence electrons. The van der Waals surface area contributed by atoms with E-state index in [1.807, 2.05) is 25.3 Å². The standard InChI is InChI=1S/C21H29N5O4S/c1-3-15(2)31(29,30)24-8-4-16(5-9-24)12-17-6-11-26-18(13-17)19(14-22-26)25-10-7-20(27)23-21(25)28/h6,11,13-16H,3-5,7-10,12H2,1-2H3,(H,23,27,28). The van der Waals surface area contributed by atoms with E-state index in [1.54, 1.807) is 26.8 Å². The molecule has 2 aliphatic rings. The second-order valence-electron chi connectivity index (χ2n) is 8.46. The number of amides is 3. The summed E-state index contributed by atoms with van der Waals surface area (Å²) in [4.78, 5) is 25.2. The fourth-order valence-electron chi connectivity index (χ4n) is 4.31. The number of urea groups is 1. The molecule has 2 aromatic heterocycles. The Bertz CT molecular complexity index is 1090. The van der Waals surface area contributed by atoms with E-state index in [-0.39, 0.29) is 17.6 Å². The number of imide groups is 1. The lowest BCUT2D eigenvalue weighted by molar-refractivity contribution is -0.120. The lowest BCUT2D eigenvalue weighted by Crippen LogP contribution is -2.49. The number of nitrogens with zero attached hydrogens (tertiary/aromatic N) is 4. The zero-order valence-electron chi connectivity index (χ0n) is 18.0. The van der Waals surface area contributed by atoms with Gasteiger partial charge in [0.25, 0.3) is 0 Å². The minimum absolute atomic E-state index is 0.264. The maximum Gasteiger partial charge on any atom is 0.328 e. The predicted octanol–water partition coefficient (Wildman–Crippen LogP) is 2.16. The average Bonchev–Trinajstić information content (AvgIpc) is 3.16. The Balaban J connectivity index is 1.45. The zero-order chi connectivity index (χ0) is 22.2. The van der Waals surface area contributed by atoms with Crippen LogP contribution in [0.4, 0.5) is 10.5 Å². The van der Waals surface area contributed by atoms with Crippen molar-refractivity contribution in [1.82, 2.24) is 19.2 Å². The molecule has 2 fully saturated rings. The van der Waals surface area contributed by atoms with Gasteiger partial charge < -0.3 is 0 Å². The number of anilines is 1. The van der Waals surface area contributed by atoms with Gasteiger partial charge in [-0.2, -0.15) is 5.10 Å². The molecule has 1 N–H and O–H groups in total. The molecule has 1 atom stereocenters. The van der Waals surface area contributed by atoms with E-state index in [2.05, 4.69) is 10.4 Å². The maximum absolute atomic E-state index is 12.6. The second-order valence-corrected chi connectivity index (χ2v) is 10.8. The SMILES string of the molecule is CCC(C)S(=O)(=O)N1CCC(Cc2ccn3ncc(N4CCC(=O)NC4=O)c3c2)CC1. The summed E-state index contributed by atoms with van der Waals surface area (Å²) in [6, 6.07) is 3.63. The van der Waals surface area contributed by atoms with Crippen LogP contribution >= 0.6 is 0 Å². The van der Waals surface area contributed by atoms with E-state index >= 15 is 0 Å². The number of hydrogen-bond acceptors (Lipinski definition) is 5. The van der Waals surface area contributed by atoms with Crippen LogP contribution in [0, 0.1) is 5.92 Å². The van der Waals surface area contributed by atoms with Crippen molar-refractivity contribution in [1.29, 1.82) is 0 Å². The van der Waals surface area contributed by atoms with Gasteiger partial charge in [-0.3, -0.25) is 15.0 Å². The van der Waals surface area contributed by atoms with Crippen molar-refractivity contribution in [3.8, 4) is 0 Å². The first kappa shape index (κ1) is 21.8. The van der Waals surface area contributed by atoms with E-state index in [9.17, 15) is 18.0 Å². The first-order valence-electron chi connectivity index (χ1n) is 10.9. The summed E-state index contributed by atoms with van der Waals surface area (Å²) in [5, 5.41) is 6.34. The molecule has 0 spiro atoms. The number of rotatable bonds is 6. The van der Waals surface area contributed by atoms with Crippen molar-refractivity contribution < 1.29 is 18.0 Å². The van der Waals surface area contributed by atoms with E-state index in [0.29, 0.717) is 37.7 Å². The highest BCUT2D eigenvalue weighted by atomic mass is 32.2. The fraction of sp³-hybridized carbons (Fsp3) is 0.571. The summed E-state index contributed by atoms with van der Waals surface area (Å²) in [7, 11) is -3.20. The number of carbonyl (C=O) groups excluding carboxylic acids is 2. The number of piperidine rings is 1. The third-order valence-electron chi connectivity index (χ3n) is 6.45. The molecule has 2 saturated heterocycles. The molecule has 0 aliphatic carbocycles. The van der Waals surface area contributed by atoms with Crippen molar-refractivity contribution in [2.75, 3.05) is 24.5 Å². The lowest BCUT2D eigenvalue weighted by atomic mass is 9.91. The molecule has 2 aliphatic heterocycles. The summed E-state index contributed by atoms with van der Waals surface area (Å²) in [6.07, 6.45) is 6.94. The van der Waals surface area contributed by atoms with Crippen molar-refractivity contribution in [3.05, 3.63) is 30.1 Å². The Labute approximate surface area is 182 Å². The first-order chi connectivity index (χ1) is 14.8. The van der Waals surface area contributed by atoms with Gasteiger partial charge in [0.05, 0.1) is 22.7 Å². The third kappa shape index (κ3) is 4.31. The summed E-state index contributed by atoms with van der Waals surface area (Å²) < 4.78 is 28.6. The first-order valence-corrected chi connectivity index (χ1v) is 12.4. The van der Waals surface area contributed by atoms with Gasteiger partial charge in [-0.25, -0.2) is 22.0 Å².